The van der Waals surface area contributed by atoms with Gasteiger partial charge in [-0.15, -0.1) is 0 Å². The lowest BCUT2D eigenvalue weighted by Gasteiger charge is -1.68. The van der Waals surface area contributed by atoms with E-state index in [2.05, 4.69) is 0 Å². The molecule has 0 aliphatic rings. The summed E-state index contributed by atoms with van der Waals surface area (Å²) in [5.74, 6) is 0. The van der Waals surface area contributed by atoms with Crippen LogP contribution in [-0.4, -0.2) is 52.6 Å². The van der Waals surface area contributed by atoms with Crippen LogP contribution in [0.15, 0.2) is 0 Å². The number of hydrogen-bond acceptors (Lipinski definition) is 6. The SMILES string of the molecule is O=S(=O)(O)O.O=S(=O)(O)O.O=S(=O)(O)O.[P].[P]. The molecule has 0 spiro atoms. The van der Waals surface area contributed by atoms with E-state index in [-0.39, 0.29) is 19.8 Å². The second kappa shape index (κ2) is 11.6. The summed E-state index contributed by atoms with van der Waals surface area (Å²) in [6, 6.07) is 0. The molecule has 0 aromatic heterocycles. The van der Waals surface area contributed by atoms with Crippen LogP contribution < -0.4 is 0 Å². The van der Waals surface area contributed by atoms with E-state index in [0.29, 0.717) is 0 Å². The van der Waals surface area contributed by atoms with E-state index in [1.165, 1.54) is 0 Å². The molecule has 0 aliphatic heterocycles. The minimum absolute atomic E-state index is 0. The normalized spacial score (nSPS) is 10.2. The maximum Gasteiger partial charge on any atom is 0.394 e. The van der Waals surface area contributed by atoms with E-state index in [9.17, 15) is 0 Å². The van der Waals surface area contributed by atoms with Gasteiger partial charge in [0.05, 0.1) is 0 Å². The van der Waals surface area contributed by atoms with Crippen molar-refractivity contribution in [2.75, 3.05) is 0 Å². The highest BCUT2D eigenvalue weighted by molar-refractivity contribution is 7.80. The van der Waals surface area contributed by atoms with E-state index in [1.807, 2.05) is 0 Å². The van der Waals surface area contributed by atoms with Gasteiger partial charge in [-0.1, -0.05) is 0 Å². The minimum atomic E-state index is -4.67. The lowest BCUT2D eigenvalue weighted by atomic mass is 15.8. The molecule has 0 saturated carbocycles. The molecule has 6 N–H and O–H groups in total. The number of hydrogen-bond donors (Lipinski definition) is 6. The summed E-state index contributed by atoms with van der Waals surface area (Å²) in [5.41, 5.74) is 0. The summed E-state index contributed by atoms with van der Waals surface area (Å²) >= 11 is 0. The van der Waals surface area contributed by atoms with Crippen LogP contribution in [0.4, 0.5) is 0 Å². The molecule has 0 fully saturated rings. The Bertz CT molecular complexity index is 341. The van der Waals surface area contributed by atoms with Crippen molar-refractivity contribution >= 4 is 51.0 Å². The highest BCUT2D eigenvalue weighted by Gasteiger charge is 1.85. The first kappa shape index (κ1) is 30.5. The molecule has 0 atom stereocenters. The fourth-order valence-electron chi connectivity index (χ4n) is 0. The van der Waals surface area contributed by atoms with Gasteiger partial charge in [0.2, 0.25) is 0 Å². The maximum absolute atomic E-state index is 8.74. The van der Waals surface area contributed by atoms with Gasteiger partial charge >= 0.3 is 31.2 Å². The Balaban J connectivity index is -0.0000000400. The zero-order chi connectivity index (χ0) is 13.5. The fourth-order valence-corrected chi connectivity index (χ4v) is 0. The number of rotatable bonds is 0. The molecule has 17 heteroatoms. The van der Waals surface area contributed by atoms with E-state index < -0.39 is 31.2 Å². The first-order valence-electron chi connectivity index (χ1n) is 2.10. The largest absolute Gasteiger partial charge is 0.394 e. The molecule has 0 bridgehead atoms. The summed E-state index contributed by atoms with van der Waals surface area (Å²) in [5, 5.41) is 0. The van der Waals surface area contributed by atoms with Gasteiger partial charge in [0.25, 0.3) is 0 Å². The van der Waals surface area contributed by atoms with Gasteiger partial charge in [-0.2, -0.15) is 25.3 Å². The van der Waals surface area contributed by atoms with Gasteiger partial charge in [0.1, 0.15) is 0 Å². The van der Waals surface area contributed by atoms with Crippen molar-refractivity contribution in [2.24, 2.45) is 0 Å². The van der Waals surface area contributed by atoms with Gasteiger partial charge in [-0.3, -0.25) is 27.3 Å². The first-order valence-corrected chi connectivity index (χ1v) is 6.29. The molecule has 0 rings (SSSR count). The average Bonchev–Trinajstić information content (AvgIpc) is 1.41. The second-order valence-corrected chi connectivity index (χ2v) is 4.03. The summed E-state index contributed by atoms with van der Waals surface area (Å²) in [6.07, 6.45) is 0. The molecule has 0 saturated heterocycles. The molecular weight excluding hydrogens is 350 g/mol. The second-order valence-electron chi connectivity index (χ2n) is 1.34. The molecule has 0 aliphatic carbocycles. The van der Waals surface area contributed by atoms with Gasteiger partial charge < -0.3 is 0 Å². The van der Waals surface area contributed by atoms with Gasteiger partial charge in [0.15, 0.2) is 0 Å². The highest BCUT2D eigenvalue weighted by atomic mass is 32.3. The van der Waals surface area contributed by atoms with Crippen LogP contribution in [0.2, 0.25) is 0 Å². The van der Waals surface area contributed by atoms with E-state index in [4.69, 9.17) is 52.6 Å². The third-order valence-corrected chi connectivity index (χ3v) is 0. The van der Waals surface area contributed by atoms with Gasteiger partial charge in [-0.05, 0) is 0 Å². The highest BCUT2D eigenvalue weighted by Crippen LogP contribution is 1.60. The Kier molecular flexibility index (Phi) is 20.7. The third-order valence-electron chi connectivity index (χ3n) is 0. The molecule has 0 amide bonds. The van der Waals surface area contributed by atoms with Crippen molar-refractivity contribution in [3.8, 4) is 0 Å². The Morgan fingerprint density at radius 2 is 0.412 bits per heavy atom. The molecule has 17 heavy (non-hydrogen) atoms. The Morgan fingerprint density at radius 1 is 0.412 bits per heavy atom. The van der Waals surface area contributed by atoms with Crippen molar-refractivity contribution < 1.29 is 52.6 Å². The molecule has 106 valence electrons. The molecule has 0 unspecified atom stereocenters. The fraction of sp³-hybridized carbons (Fsp3) is 0. The summed E-state index contributed by atoms with van der Waals surface area (Å²) in [4.78, 5) is 0. The topological polar surface area (TPSA) is 224 Å². The zero-order valence-electron chi connectivity index (χ0n) is 7.25. The smallest absolute Gasteiger partial charge is 0.264 e. The first-order chi connectivity index (χ1) is 6.00. The van der Waals surface area contributed by atoms with E-state index >= 15 is 0 Å². The minimum Gasteiger partial charge on any atom is -0.264 e. The van der Waals surface area contributed by atoms with E-state index in [0.717, 1.165) is 0 Å². The van der Waals surface area contributed by atoms with Crippen molar-refractivity contribution in [2.45, 2.75) is 0 Å². The average molecular weight is 356 g/mol. The summed E-state index contributed by atoms with van der Waals surface area (Å²) in [6.45, 7) is 0. The molecule has 0 aromatic rings. The Morgan fingerprint density at radius 3 is 0.412 bits per heavy atom. The van der Waals surface area contributed by atoms with Gasteiger partial charge in [0, 0.05) is 19.8 Å². The molecule has 0 heterocycles. The quantitative estimate of drug-likeness (QED) is 0.244. The predicted molar refractivity (Wildman–Crippen MR) is 56.4 cm³/mol. The predicted octanol–water partition coefficient (Wildman–Crippen LogP) is -0.236. The monoisotopic (exact) mass is 356 g/mol. The Labute approximate surface area is 104 Å². The maximum atomic E-state index is 8.74. The third kappa shape index (κ3) is 15600. The molecule has 0 aromatic carbocycles. The Hall–Kier alpha value is 0.470. The lowest BCUT2D eigenvalue weighted by molar-refractivity contribution is 0.378. The van der Waals surface area contributed by atoms with Crippen LogP contribution in [0.3, 0.4) is 0 Å². The van der Waals surface area contributed by atoms with Crippen LogP contribution >= 0.6 is 19.8 Å². The lowest BCUT2D eigenvalue weighted by Crippen LogP contribution is -1.89. The zero-order valence-corrected chi connectivity index (χ0v) is 11.5. The molecular formula is H6O12P2S3. The van der Waals surface area contributed by atoms with Crippen LogP contribution in [0.1, 0.15) is 0 Å². The van der Waals surface area contributed by atoms with Crippen molar-refractivity contribution in [1.29, 1.82) is 0 Å². The van der Waals surface area contributed by atoms with Crippen LogP contribution in [0.5, 0.6) is 0 Å². The molecule has 6 radical (unpaired) electrons. The van der Waals surface area contributed by atoms with Gasteiger partial charge in [-0.25, -0.2) is 0 Å². The van der Waals surface area contributed by atoms with Crippen LogP contribution in [0.25, 0.3) is 0 Å². The molecule has 12 nitrogen and oxygen atoms in total. The standard InChI is InChI=1S/3H2O4S.2P/c3*1-5(2,3)4;;/h3*(H2,1,2,3,4);;. The van der Waals surface area contributed by atoms with Crippen molar-refractivity contribution in [3.05, 3.63) is 0 Å². The van der Waals surface area contributed by atoms with Crippen molar-refractivity contribution in [1.82, 2.24) is 0 Å². The van der Waals surface area contributed by atoms with Crippen LogP contribution in [0, 0.1) is 0 Å². The summed E-state index contributed by atoms with van der Waals surface area (Å²) < 4.78 is 94.8. The van der Waals surface area contributed by atoms with E-state index in [1.54, 1.807) is 0 Å². The van der Waals surface area contributed by atoms with Crippen molar-refractivity contribution in [3.63, 3.8) is 0 Å². The summed E-state index contributed by atoms with van der Waals surface area (Å²) in [7, 11) is -14.0. The van der Waals surface area contributed by atoms with Crippen LogP contribution in [-0.2, 0) is 31.2 Å².